The van der Waals surface area contributed by atoms with Gasteiger partial charge in [0.05, 0.1) is 25.9 Å². The van der Waals surface area contributed by atoms with Crippen molar-refractivity contribution in [3.05, 3.63) is 131 Å². The molecule has 0 spiro atoms. The Morgan fingerprint density at radius 1 is 0.824 bits per heavy atom. The third-order valence-corrected chi connectivity index (χ3v) is 9.96. The zero-order chi connectivity index (χ0) is 35.6. The van der Waals surface area contributed by atoms with Gasteiger partial charge in [0.1, 0.15) is 6.04 Å². The number of hydrogen-bond acceptors (Lipinski definition) is 7. The Kier molecular flexibility index (Phi) is 12.5. The molecule has 51 heavy (non-hydrogen) atoms. The number of aliphatic hydroxyl groups is 1. The van der Waals surface area contributed by atoms with Crippen molar-refractivity contribution in [1.82, 2.24) is 15.5 Å². The summed E-state index contributed by atoms with van der Waals surface area (Å²) in [5.74, 6) is -0.367. The number of aliphatic hydroxyl groups excluding tert-OH is 1. The van der Waals surface area contributed by atoms with Crippen LogP contribution >= 0.6 is 0 Å². The Morgan fingerprint density at radius 3 is 2.25 bits per heavy atom. The number of urea groups is 1. The van der Waals surface area contributed by atoms with Crippen molar-refractivity contribution in [2.45, 2.75) is 70.3 Å². The van der Waals surface area contributed by atoms with Crippen LogP contribution < -0.4 is 10.6 Å². The number of ether oxygens (including phenoxy) is 3. The third-order valence-electron chi connectivity index (χ3n) is 9.96. The first-order chi connectivity index (χ1) is 24.9. The Balaban J connectivity index is 1.15. The molecule has 5 unspecified atom stereocenters. The van der Waals surface area contributed by atoms with Gasteiger partial charge in [0.15, 0.2) is 6.29 Å². The second-order valence-corrected chi connectivity index (χ2v) is 13.6. The molecular weight excluding hydrogens is 642 g/mol. The number of piperidine rings is 1. The van der Waals surface area contributed by atoms with E-state index in [1.165, 1.54) is 26.4 Å². The number of carbonyl (C=O) groups excluding carboxylic acids is 2. The van der Waals surface area contributed by atoms with Gasteiger partial charge in [-0.15, -0.1) is 0 Å². The molecular formula is C42H49N3O6. The van der Waals surface area contributed by atoms with Crippen LogP contribution in [0.3, 0.4) is 0 Å². The lowest BCUT2D eigenvalue weighted by Crippen LogP contribution is -2.47. The highest BCUT2D eigenvalue weighted by molar-refractivity contribution is 5.83. The first-order valence-corrected chi connectivity index (χ1v) is 18.0. The van der Waals surface area contributed by atoms with Gasteiger partial charge < -0.3 is 34.9 Å². The Labute approximate surface area is 300 Å². The van der Waals surface area contributed by atoms with Crippen molar-refractivity contribution in [2.24, 2.45) is 5.92 Å². The zero-order valence-corrected chi connectivity index (χ0v) is 29.5. The fourth-order valence-electron chi connectivity index (χ4n) is 7.03. The van der Waals surface area contributed by atoms with Crippen molar-refractivity contribution in [3.63, 3.8) is 0 Å². The van der Waals surface area contributed by atoms with E-state index in [1.807, 2.05) is 66.7 Å². The van der Waals surface area contributed by atoms with Crippen molar-refractivity contribution in [2.75, 3.05) is 26.7 Å². The molecule has 5 atom stereocenters. The second-order valence-electron chi connectivity index (χ2n) is 13.6. The first-order valence-electron chi connectivity index (χ1n) is 18.0. The molecule has 0 aliphatic carbocycles. The molecule has 9 heteroatoms. The lowest BCUT2D eigenvalue weighted by atomic mass is 9.89. The van der Waals surface area contributed by atoms with Gasteiger partial charge in [0.2, 0.25) is 0 Å². The lowest BCUT2D eigenvalue weighted by Gasteiger charge is -2.43. The summed E-state index contributed by atoms with van der Waals surface area (Å²) in [7, 11) is 1.32. The Hall–Kier alpha value is -4.54. The van der Waals surface area contributed by atoms with Gasteiger partial charge in [-0.05, 0) is 71.4 Å². The van der Waals surface area contributed by atoms with Crippen molar-refractivity contribution in [3.8, 4) is 11.1 Å². The van der Waals surface area contributed by atoms with E-state index in [-0.39, 0.29) is 31.3 Å². The van der Waals surface area contributed by atoms with Gasteiger partial charge >= 0.3 is 12.0 Å². The second kappa shape index (κ2) is 17.6. The zero-order valence-electron chi connectivity index (χ0n) is 29.5. The molecule has 2 aliphatic rings. The summed E-state index contributed by atoms with van der Waals surface area (Å²) < 4.78 is 18.5. The molecule has 4 aromatic rings. The first kappa shape index (κ1) is 36.3. The topological polar surface area (TPSA) is 109 Å². The average molecular weight is 692 g/mol. The van der Waals surface area contributed by atoms with Crippen LogP contribution in [-0.4, -0.2) is 60.9 Å². The summed E-state index contributed by atoms with van der Waals surface area (Å²) in [6, 6.07) is 32.6. The van der Waals surface area contributed by atoms with E-state index in [4.69, 9.17) is 14.2 Å². The number of rotatable bonds is 12. The van der Waals surface area contributed by atoms with E-state index in [0.717, 1.165) is 58.6 Å². The van der Waals surface area contributed by atoms with Crippen LogP contribution in [0.25, 0.3) is 11.1 Å². The highest BCUT2D eigenvalue weighted by Crippen LogP contribution is 2.42. The van der Waals surface area contributed by atoms with E-state index in [2.05, 4.69) is 58.9 Å². The Bertz CT molecular complexity index is 1730. The van der Waals surface area contributed by atoms with Crippen LogP contribution in [-0.2, 0) is 38.6 Å². The van der Waals surface area contributed by atoms with Crippen molar-refractivity contribution >= 4 is 12.0 Å². The summed E-state index contributed by atoms with van der Waals surface area (Å²) in [6.45, 7) is 5.55. The van der Waals surface area contributed by atoms with E-state index < -0.39 is 24.3 Å². The largest absolute Gasteiger partial charge is 0.467 e. The molecule has 4 aromatic carbocycles. The maximum atomic E-state index is 12.9. The van der Waals surface area contributed by atoms with Crippen LogP contribution in [0.4, 0.5) is 4.79 Å². The summed E-state index contributed by atoms with van der Waals surface area (Å²) in [5, 5.41) is 15.3. The highest BCUT2D eigenvalue weighted by atomic mass is 16.7. The average Bonchev–Trinajstić information content (AvgIpc) is 3.18. The summed E-state index contributed by atoms with van der Waals surface area (Å²) in [6.07, 6.45) is 3.32. The number of nitrogens with one attached hydrogen (secondary N) is 2. The monoisotopic (exact) mass is 691 g/mol. The number of likely N-dealkylation sites (tertiary alicyclic amines) is 1. The van der Waals surface area contributed by atoms with Gasteiger partial charge in [0.25, 0.3) is 0 Å². The normalized spacial score (nSPS) is 21.4. The maximum absolute atomic E-state index is 12.9. The van der Waals surface area contributed by atoms with Crippen LogP contribution in [0.1, 0.15) is 66.4 Å². The minimum absolute atomic E-state index is 0.00650. The van der Waals surface area contributed by atoms with E-state index in [0.29, 0.717) is 6.42 Å². The molecule has 0 saturated carbocycles. The van der Waals surface area contributed by atoms with Gasteiger partial charge in [-0.2, -0.15) is 0 Å². The van der Waals surface area contributed by atoms with E-state index in [9.17, 15) is 14.7 Å². The van der Waals surface area contributed by atoms with E-state index >= 15 is 0 Å². The molecule has 0 bridgehead atoms. The van der Waals surface area contributed by atoms with Crippen LogP contribution in [0.5, 0.6) is 0 Å². The SMILES string of the molecule is COC(=O)C(Cc1ccccc1)NC(=O)NCc1cccc(-c2cccc(C3OC(CN4CCCCC4)C(C)C(c4ccc(CO)cc4)O3)c2)c1. The maximum Gasteiger partial charge on any atom is 0.328 e. The standard InChI is InChI=1S/C42H49N3O6/c1-29-38(27-45-21-7-4-8-22-45)50-41(51-39(29)33-19-17-31(28-46)18-20-33)36-16-10-15-35(25-36)34-14-9-13-32(23-34)26-43-42(48)44-37(40(47)49-2)24-30-11-5-3-6-12-30/h3,5-6,9-20,23,25,29,37-39,41,46H,4,7-8,21-22,24,26-28H2,1-2H3,(H2,43,44,48). The number of carbonyl (C=O) groups is 2. The number of hydrogen-bond donors (Lipinski definition) is 3. The molecule has 2 amide bonds. The summed E-state index contributed by atoms with van der Waals surface area (Å²) in [5.41, 5.74) is 6.74. The molecule has 2 heterocycles. The number of amides is 2. The van der Waals surface area contributed by atoms with Crippen molar-refractivity contribution in [1.29, 1.82) is 0 Å². The molecule has 9 nitrogen and oxygen atoms in total. The number of methoxy groups -OCH3 is 1. The molecule has 3 N–H and O–H groups in total. The minimum Gasteiger partial charge on any atom is -0.467 e. The predicted octanol–water partition coefficient (Wildman–Crippen LogP) is 6.71. The predicted molar refractivity (Wildman–Crippen MR) is 196 cm³/mol. The number of benzene rings is 4. The summed E-state index contributed by atoms with van der Waals surface area (Å²) in [4.78, 5) is 27.8. The van der Waals surface area contributed by atoms with Crippen molar-refractivity contribution < 1.29 is 28.9 Å². The van der Waals surface area contributed by atoms with E-state index in [1.54, 1.807) is 0 Å². The summed E-state index contributed by atoms with van der Waals surface area (Å²) >= 11 is 0. The molecule has 0 aromatic heterocycles. The fraction of sp³-hybridized carbons (Fsp3) is 0.381. The molecule has 6 rings (SSSR count). The van der Waals surface area contributed by atoms with Gasteiger partial charge in [-0.25, -0.2) is 9.59 Å². The van der Waals surface area contributed by atoms with Gasteiger partial charge in [-0.3, -0.25) is 0 Å². The van der Waals surface area contributed by atoms with Crippen LogP contribution in [0.15, 0.2) is 103 Å². The Morgan fingerprint density at radius 2 is 1.53 bits per heavy atom. The highest BCUT2D eigenvalue weighted by Gasteiger charge is 2.39. The molecule has 2 saturated heterocycles. The molecule has 268 valence electrons. The quantitative estimate of drug-likeness (QED) is 0.142. The number of esters is 1. The number of nitrogens with zero attached hydrogens (tertiary/aromatic N) is 1. The fourth-order valence-corrected chi connectivity index (χ4v) is 7.03. The minimum atomic E-state index is -0.808. The molecule has 2 fully saturated rings. The van der Waals surface area contributed by atoms with Gasteiger partial charge in [-0.1, -0.05) is 104 Å². The van der Waals surface area contributed by atoms with Crippen LogP contribution in [0.2, 0.25) is 0 Å². The van der Waals surface area contributed by atoms with Gasteiger partial charge in [0, 0.05) is 31.0 Å². The smallest absolute Gasteiger partial charge is 0.328 e. The molecule has 0 radical (unpaired) electrons. The van der Waals surface area contributed by atoms with Crippen LogP contribution in [0, 0.1) is 5.92 Å². The lowest BCUT2D eigenvalue weighted by molar-refractivity contribution is -0.276. The molecule has 2 aliphatic heterocycles. The third kappa shape index (κ3) is 9.62.